The molecule has 4 nitrogen and oxygen atoms in total. The lowest BCUT2D eigenvalue weighted by Crippen LogP contribution is -2.37. The lowest BCUT2D eigenvalue weighted by molar-refractivity contribution is 0.168. The summed E-state index contributed by atoms with van der Waals surface area (Å²) in [6, 6.07) is 16.3. The van der Waals surface area contributed by atoms with Gasteiger partial charge in [0.2, 0.25) is 0 Å². The normalized spacial score (nSPS) is 18.0. The molecule has 0 heterocycles. The Kier molecular flexibility index (Phi) is 5.86. The second-order valence-corrected chi connectivity index (χ2v) is 6.28. The van der Waals surface area contributed by atoms with Gasteiger partial charge in [0.1, 0.15) is 12.4 Å². The molecule has 2 unspecified atom stereocenters. The molecule has 4 heteroatoms. The molecule has 0 spiro atoms. The van der Waals surface area contributed by atoms with Crippen LogP contribution in [-0.4, -0.2) is 36.0 Å². The van der Waals surface area contributed by atoms with Crippen LogP contribution in [0.5, 0.6) is 5.75 Å². The second kappa shape index (κ2) is 8.29. The van der Waals surface area contributed by atoms with Crippen molar-refractivity contribution in [3.05, 3.63) is 65.2 Å². The van der Waals surface area contributed by atoms with Crippen molar-refractivity contribution < 1.29 is 14.9 Å². The second-order valence-electron chi connectivity index (χ2n) is 6.28. The van der Waals surface area contributed by atoms with E-state index in [0.29, 0.717) is 19.2 Å². The first-order valence-corrected chi connectivity index (χ1v) is 8.58. The number of aliphatic hydroxyl groups is 2. The molecule has 0 saturated heterocycles. The lowest BCUT2D eigenvalue weighted by atomic mass is 9.88. The van der Waals surface area contributed by atoms with Crippen LogP contribution < -0.4 is 10.1 Å². The van der Waals surface area contributed by atoms with Gasteiger partial charge in [0.05, 0.1) is 12.7 Å². The highest BCUT2D eigenvalue weighted by Gasteiger charge is 2.20. The summed E-state index contributed by atoms with van der Waals surface area (Å²) in [6.45, 7) is 0.910. The van der Waals surface area contributed by atoms with Crippen LogP contribution in [0, 0.1) is 0 Å². The number of hydrogen-bond donors (Lipinski definition) is 3. The molecule has 1 aliphatic rings. The smallest absolute Gasteiger partial charge is 0.119 e. The van der Waals surface area contributed by atoms with E-state index in [1.807, 2.05) is 36.4 Å². The third kappa shape index (κ3) is 4.35. The number of aryl methyl sites for hydroxylation is 1. The minimum atomic E-state index is -0.480. The Hall–Kier alpha value is -1.88. The van der Waals surface area contributed by atoms with Gasteiger partial charge in [0.25, 0.3) is 0 Å². The van der Waals surface area contributed by atoms with E-state index >= 15 is 0 Å². The Morgan fingerprint density at radius 1 is 1.12 bits per heavy atom. The zero-order chi connectivity index (χ0) is 16.8. The van der Waals surface area contributed by atoms with Crippen molar-refractivity contribution >= 4 is 0 Å². The maximum absolute atomic E-state index is 10.3. The van der Waals surface area contributed by atoms with Crippen LogP contribution in [0.25, 0.3) is 0 Å². The fourth-order valence-electron chi connectivity index (χ4n) is 3.23. The van der Waals surface area contributed by atoms with Gasteiger partial charge in [-0.15, -0.1) is 0 Å². The summed E-state index contributed by atoms with van der Waals surface area (Å²) in [5.74, 6) is 0.813. The van der Waals surface area contributed by atoms with E-state index in [2.05, 4.69) is 17.4 Å². The predicted octanol–water partition coefficient (Wildman–Crippen LogP) is 2.24. The molecule has 2 atom stereocenters. The van der Waals surface area contributed by atoms with Gasteiger partial charge < -0.3 is 20.3 Å². The average Bonchev–Trinajstić information content (AvgIpc) is 2.64. The van der Waals surface area contributed by atoms with Crippen molar-refractivity contribution in [2.75, 3.05) is 19.8 Å². The Balaban J connectivity index is 1.56. The maximum atomic E-state index is 10.3. The Morgan fingerprint density at radius 3 is 2.75 bits per heavy atom. The third-order valence-electron chi connectivity index (χ3n) is 4.55. The monoisotopic (exact) mass is 327 g/mol. The Morgan fingerprint density at radius 2 is 1.96 bits per heavy atom. The fourth-order valence-corrected chi connectivity index (χ4v) is 3.23. The van der Waals surface area contributed by atoms with Gasteiger partial charge >= 0.3 is 0 Å². The highest BCUT2D eigenvalue weighted by atomic mass is 16.5. The summed E-state index contributed by atoms with van der Waals surface area (Å²) in [7, 11) is 0. The molecule has 0 radical (unpaired) electrons. The van der Waals surface area contributed by atoms with Gasteiger partial charge in [-0.25, -0.2) is 0 Å². The Labute approximate surface area is 143 Å². The first kappa shape index (κ1) is 17.0. The van der Waals surface area contributed by atoms with Gasteiger partial charge in [0, 0.05) is 12.6 Å². The van der Waals surface area contributed by atoms with Crippen LogP contribution in [0.3, 0.4) is 0 Å². The number of aliphatic hydroxyl groups excluding tert-OH is 2. The van der Waals surface area contributed by atoms with Gasteiger partial charge in [-0.3, -0.25) is 0 Å². The molecule has 0 aromatic heterocycles. The zero-order valence-corrected chi connectivity index (χ0v) is 13.8. The van der Waals surface area contributed by atoms with Gasteiger partial charge in [-0.2, -0.15) is 0 Å². The van der Waals surface area contributed by atoms with E-state index in [-0.39, 0.29) is 6.61 Å². The van der Waals surface area contributed by atoms with Crippen LogP contribution in [-0.2, 0) is 12.8 Å². The van der Waals surface area contributed by atoms with Crippen LogP contribution >= 0.6 is 0 Å². The van der Waals surface area contributed by atoms with E-state index in [1.165, 1.54) is 11.1 Å². The molecule has 2 aromatic rings. The van der Waals surface area contributed by atoms with Crippen molar-refractivity contribution in [1.82, 2.24) is 5.32 Å². The molecular weight excluding hydrogens is 302 g/mol. The average molecular weight is 327 g/mol. The summed E-state index contributed by atoms with van der Waals surface area (Å²) < 4.78 is 5.50. The standard InChI is InChI=1S/C20H25NO3/c22-10-11-24-19-9-7-15-6-8-18(12-17(15)13-19)21-14-20(23)16-4-2-1-3-5-16/h1-5,7,9,13,18,20-23H,6,8,10-12,14H2. The molecule has 1 aliphatic carbocycles. The molecule has 2 aromatic carbocycles. The van der Waals surface area contributed by atoms with Crippen molar-refractivity contribution in [1.29, 1.82) is 0 Å². The maximum Gasteiger partial charge on any atom is 0.119 e. The lowest BCUT2D eigenvalue weighted by Gasteiger charge is -2.27. The Bertz CT molecular complexity index is 645. The minimum Gasteiger partial charge on any atom is -0.491 e. The molecule has 0 amide bonds. The quantitative estimate of drug-likeness (QED) is 0.730. The van der Waals surface area contributed by atoms with Crippen molar-refractivity contribution in [2.45, 2.75) is 31.4 Å². The van der Waals surface area contributed by atoms with E-state index in [9.17, 15) is 5.11 Å². The molecule has 128 valence electrons. The zero-order valence-electron chi connectivity index (χ0n) is 13.8. The largest absolute Gasteiger partial charge is 0.491 e. The van der Waals surface area contributed by atoms with E-state index in [4.69, 9.17) is 9.84 Å². The summed E-state index contributed by atoms with van der Waals surface area (Å²) in [5.41, 5.74) is 3.61. The highest BCUT2D eigenvalue weighted by Crippen LogP contribution is 2.26. The predicted molar refractivity (Wildman–Crippen MR) is 94.2 cm³/mol. The third-order valence-corrected chi connectivity index (χ3v) is 4.55. The topological polar surface area (TPSA) is 61.7 Å². The molecule has 0 saturated carbocycles. The van der Waals surface area contributed by atoms with E-state index < -0.39 is 6.10 Å². The highest BCUT2D eigenvalue weighted by molar-refractivity contribution is 5.38. The summed E-state index contributed by atoms with van der Waals surface area (Å²) >= 11 is 0. The van der Waals surface area contributed by atoms with Gasteiger partial charge in [-0.1, -0.05) is 36.4 Å². The number of benzene rings is 2. The molecule has 24 heavy (non-hydrogen) atoms. The summed E-state index contributed by atoms with van der Waals surface area (Å²) in [5, 5.41) is 22.6. The summed E-state index contributed by atoms with van der Waals surface area (Å²) in [4.78, 5) is 0. The van der Waals surface area contributed by atoms with E-state index in [0.717, 1.165) is 30.6 Å². The fraction of sp³-hybridized carbons (Fsp3) is 0.400. The van der Waals surface area contributed by atoms with Crippen LogP contribution in [0.1, 0.15) is 29.2 Å². The molecule has 0 bridgehead atoms. The molecular formula is C20H25NO3. The van der Waals surface area contributed by atoms with Crippen LogP contribution in [0.2, 0.25) is 0 Å². The number of rotatable bonds is 7. The minimum absolute atomic E-state index is 0.0264. The molecule has 0 aliphatic heterocycles. The van der Waals surface area contributed by atoms with Gasteiger partial charge in [0.15, 0.2) is 0 Å². The SMILES string of the molecule is OCCOc1ccc2c(c1)CC(NCC(O)c1ccccc1)CC2. The number of nitrogens with one attached hydrogen (secondary N) is 1. The van der Waals surface area contributed by atoms with Crippen molar-refractivity contribution in [3.63, 3.8) is 0 Å². The number of fused-ring (bicyclic) bond motifs is 1. The summed E-state index contributed by atoms with van der Waals surface area (Å²) in [6.07, 6.45) is 2.57. The number of hydrogen-bond acceptors (Lipinski definition) is 4. The van der Waals surface area contributed by atoms with Crippen molar-refractivity contribution in [3.8, 4) is 5.75 Å². The van der Waals surface area contributed by atoms with Crippen LogP contribution in [0.15, 0.2) is 48.5 Å². The van der Waals surface area contributed by atoms with E-state index in [1.54, 1.807) is 0 Å². The molecule has 3 N–H and O–H groups in total. The first-order chi connectivity index (χ1) is 11.8. The number of ether oxygens (including phenoxy) is 1. The van der Waals surface area contributed by atoms with Gasteiger partial charge in [-0.05, 0) is 48.1 Å². The molecule has 3 rings (SSSR count). The first-order valence-electron chi connectivity index (χ1n) is 8.58. The molecule has 0 fully saturated rings. The van der Waals surface area contributed by atoms with Crippen LogP contribution in [0.4, 0.5) is 0 Å². The van der Waals surface area contributed by atoms with Crippen molar-refractivity contribution in [2.24, 2.45) is 0 Å².